The van der Waals surface area contributed by atoms with Crippen LogP contribution in [-0.2, 0) is 0 Å². The van der Waals surface area contributed by atoms with E-state index in [-0.39, 0.29) is 0 Å². The highest BCUT2D eigenvalue weighted by molar-refractivity contribution is 4.89. The number of unbranched alkanes of at least 4 members (excludes halogenated alkanes) is 9. The van der Waals surface area contributed by atoms with Crippen molar-refractivity contribution < 1.29 is 0 Å². The van der Waals surface area contributed by atoms with Crippen LogP contribution in [0.2, 0.25) is 0 Å². The van der Waals surface area contributed by atoms with Crippen molar-refractivity contribution in [2.24, 2.45) is 0 Å². The quantitative estimate of drug-likeness (QED) is 0.385. The summed E-state index contributed by atoms with van der Waals surface area (Å²) in [6, 6.07) is 0. The number of nitrogens with one attached hydrogen (secondary N) is 1. The summed E-state index contributed by atoms with van der Waals surface area (Å²) in [7, 11) is 0. The summed E-state index contributed by atoms with van der Waals surface area (Å²) in [5.41, 5.74) is 1.22. The fourth-order valence-corrected chi connectivity index (χ4v) is 2.27. The van der Waals surface area contributed by atoms with Gasteiger partial charge in [-0.3, -0.25) is 0 Å². The summed E-state index contributed by atoms with van der Waals surface area (Å²) in [4.78, 5) is 0. The van der Waals surface area contributed by atoms with E-state index in [1.165, 1.54) is 76.3 Å². The number of rotatable bonds is 14. The lowest BCUT2D eigenvalue weighted by Crippen LogP contribution is -2.13. The lowest BCUT2D eigenvalue weighted by atomic mass is 10.1. The molecule has 0 heterocycles. The normalized spacial score (nSPS) is 10.6. The van der Waals surface area contributed by atoms with Crippen LogP contribution < -0.4 is 5.32 Å². The van der Waals surface area contributed by atoms with E-state index in [9.17, 15) is 0 Å². The molecule has 0 aromatic rings. The molecule has 0 radical (unpaired) electrons. The topological polar surface area (TPSA) is 12.0 Å². The van der Waals surface area contributed by atoms with Crippen LogP contribution in [0.15, 0.2) is 12.3 Å². The van der Waals surface area contributed by atoms with Crippen LogP contribution in [0.3, 0.4) is 0 Å². The summed E-state index contributed by atoms with van der Waals surface area (Å²) in [5.74, 6) is 0. The van der Waals surface area contributed by atoms with Crippen molar-refractivity contribution in [3.05, 3.63) is 12.3 Å². The molecule has 0 rings (SSSR count). The molecule has 108 valence electrons. The zero-order chi connectivity index (χ0) is 13.5. The molecule has 0 saturated carbocycles. The Morgan fingerprint density at radius 3 is 1.72 bits per heavy atom. The van der Waals surface area contributed by atoms with Gasteiger partial charge in [0.15, 0.2) is 0 Å². The fourth-order valence-electron chi connectivity index (χ4n) is 2.27. The minimum atomic E-state index is 1.12. The molecule has 0 aliphatic carbocycles. The summed E-state index contributed by atoms with van der Waals surface area (Å²) in [5, 5.41) is 3.41. The molecule has 0 fully saturated rings. The van der Waals surface area contributed by atoms with E-state index < -0.39 is 0 Å². The molecular weight excluding hydrogens is 218 g/mol. The molecule has 1 heteroatoms. The van der Waals surface area contributed by atoms with Crippen molar-refractivity contribution in [3.63, 3.8) is 0 Å². The molecule has 0 aromatic heterocycles. The van der Waals surface area contributed by atoms with Crippen LogP contribution in [0.1, 0.15) is 90.9 Å². The standard InChI is InChI=1S/C17H35N/c1-4-6-7-8-9-10-11-12-13-14-16-18-17(3)15-5-2/h18H,3-16H2,1-2H3. The first-order valence-corrected chi connectivity index (χ1v) is 8.22. The van der Waals surface area contributed by atoms with Gasteiger partial charge < -0.3 is 5.32 Å². The third-order valence-corrected chi connectivity index (χ3v) is 3.46. The van der Waals surface area contributed by atoms with Crippen molar-refractivity contribution in [2.75, 3.05) is 6.54 Å². The Hall–Kier alpha value is -0.460. The van der Waals surface area contributed by atoms with Crippen molar-refractivity contribution in [2.45, 2.75) is 90.9 Å². The minimum absolute atomic E-state index is 1.12. The van der Waals surface area contributed by atoms with E-state index in [0.717, 1.165) is 13.0 Å². The second-order valence-electron chi connectivity index (χ2n) is 5.46. The summed E-state index contributed by atoms with van der Waals surface area (Å²) in [6.07, 6.45) is 16.4. The van der Waals surface area contributed by atoms with Gasteiger partial charge in [0.2, 0.25) is 0 Å². The fraction of sp³-hybridized carbons (Fsp3) is 0.882. The molecule has 0 aromatic carbocycles. The van der Waals surface area contributed by atoms with Gasteiger partial charge in [0.05, 0.1) is 0 Å². The molecule has 0 unspecified atom stereocenters. The van der Waals surface area contributed by atoms with Gasteiger partial charge in [-0.1, -0.05) is 84.6 Å². The minimum Gasteiger partial charge on any atom is -0.389 e. The molecule has 0 aliphatic heterocycles. The highest BCUT2D eigenvalue weighted by atomic mass is 14.9. The van der Waals surface area contributed by atoms with E-state index in [2.05, 4.69) is 25.7 Å². The Kier molecular flexibility index (Phi) is 14.2. The molecule has 1 nitrogen and oxygen atoms in total. The van der Waals surface area contributed by atoms with Crippen LogP contribution >= 0.6 is 0 Å². The molecule has 0 amide bonds. The monoisotopic (exact) mass is 253 g/mol. The average molecular weight is 253 g/mol. The third-order valence-electron chi connectivity index (χ3n) is 3.46. The Labute approximate surface area is 115 Å². The molecule has 0 spiro atoms. The highest BCUT2D eigenvalue weighted by Gasteiger charge is 1.94. The Bertz CT molecular complexity index is 174. The van der Waals surface area contributed by atoms with Crippen molar-refractivity contribution in [1.82, 2.24) is 5.32 Å². The lowest BCUT2D eigenvalue weighted by Gasteiger charge is -2.08. The Balaban J connectivity index is 3.01. The van der Waals surface area contributed by atoms with E-state index >= 15 is 0 Å². The highest BCUT2D eigenvalue weighted by Crippen LogP contribution is 2.10. The van der Waals surface area contributed by atoms with Crippen molar-refractivity contribution >= 4 is 0 Å². The van der Waals surface area contributed by atoms with Gasteiger partial charge in [0, 0.05) is 12.2 Å². The first-order chi connectivity index (χ1) is 8.81. The largest absolute Gasteiger partial charge is 0.389 e. The SMILES string of the molecule is C=C(CCC)NCCCCCCCCCCCC. The number of hydrogen-bond donors (Lipinski definition) is 1. The van der Waals surface area contributed by atoms with E-state index in [4.69, 9.17) is 0 Å². The molecular formula is C17H35N. The van der Waals surface area contributed by atoms with Crippen LogP contribution in [0.25, 0.3) is 0 Å². The maximum absolute atomic E-state index is 4.02. The molecule has 0 bridgehead atoms. The molecule has 18 heavy (non-hydrogen) atoms. The summed E-state index contributed by atoms with van der Waals surface area (Å²) in [6.45, 7) is 9.62. The lowest BCUT2D eigenvalue weighted by molar-refractivity contribution is 0.550. The van der Waals surface area contributed by atoms with Gasteiger partial charge in [-0.2, -0.15) is 0 Å². The average Bonchev–Trinajstić information content (AvgIpc) is 2.36. The first-order valence-electron chi connectivity index (χ1n) is 8.22. The smallest absolute Gasteiger partial charge is 0.0143 e. The van der Waals surface area contributed by atoms with Crippen LogP contribution in [0.4, 0.5) is 0 Å². The number of hydrogen-bond acceptors (Lipinski definition) is 1. The van der Waals surface area contributed by atoms with Gasteiger partial charge >= 0.3 is 0 Å². The summed E-state index contributed by atoms with van der Waals surface area (Å²) < 4.78 is 0. The van der Waals surface area contributed by atoms with Crippen molar-refractivity contribution in [3.8, 4) is 0 Å². The van der Waals surface area contributed by atoms with Gasteiger partial charge in [-0.15, -0.1) is 0 Å². The zero-order valence-corrected chi connectivity index (χ0v) is 12.9. The predicted molar refractivity (Wildman–Crippen MR) is 83.9 cm³/mol. The maximum Gasteiger partial charge on any atom is 0.0143 e. The molecule has 0 atom stereocenters. The van der Waals surface area contributed by atoms with Gasteiger partial charge in [0.1, 0.15) is 0 Å². The van der Waals surface area contributed by atoms with Crippen molar-refractivity contribution in [1.29, 1.82) is 0 Å². The predicted octanol–water partition coefficient (Wildman–Crippen LogP) is 5.81. The molecule has 1 N–H and O–H groups in total. The molecule has 0 aliphatic rings. The second-order valence-corrected chi connectivity index (χ2v) is 5.46. The van der Waals surface area contributed by atoms with Gasteiger partial charge in [0.25, 0.3) is 0 Å². The first kappa shape index (κ1) is 17.5. The van der Waals surface area contributed by atoms with Gasteiger partial charge in [-0.25, -0.2) is 0 Å². The molecule has 0 saturated heterocycles. The van der Waals surface area contributed by atoms with Crippen LogP contribution in [-0.4, -0.2) is 6.54 Å². The second kappa shape index (κ2) is 14.6. The van der Waals surface area contributed by atoms with E-state index in [1.807, 2.05) is 0 Å². The summed E-state index contributed by atoms with van der Waals surface area (Å²) >= 11 is 0. The van der Waals surface area contributed by atoms with E-state index in [0.29, 0.717) is 0 Å². The number of allylic oxidation sites excluding steroid dienone is 1. The van der Waals surface area contributed by atoms with Crippen LogP contribution in [0.5, 0.6) is 0 Å². The Morgan fingerprint density at radius 2 is 1.22 bits per heavy atom. The Morgan fingerprint density at radius 1 is 0.722 bits per heavy atom. The third kappa shape index (κ3) is 13.6. The maximum atomic E-state index is 4.02. The van der Waals surface area contributed by atoms with Gasteiger partial charge in [-0.05, 0) is 12.8 Å². The van der Waals surface area contributed by atoms with Crippen LogP contribution in [0, 0.1) is 0 Å². The van der Waals surface area contributed by atoms with E-state index in [1.54, 1.807) is 0 Å². The zero-order valence-electron chi connectivity index (χ0n) is 12.9.